The minimum Gasteiger partial charge on any atom is -0.461 e. The van der Waals surface area contributed by atoms with E-state index in [0.717, 1.165) is 22.6 Å². The highest BCUT2D eigenvalue weighted by molar-refractivity contribution is 5.65. The molecule has 0 bridgehead atoms. The minimum absolute atomic E-state index is 0.276. The zero-order chi connectivity index (χ0) is 13.7. The van der Waals surface area contributed by atoms with Gasteiger partial charge in [-0.1, -0.05) is 24.3 Å². The van der Waals surface area contributed by atoms with Crippen LogP contribution in [0, 0.1) is 6.92 Å². The number of esters is 1. The van der Waals surface area contributed by atoms with Gasteiger partial charge in [0.25, 0.3) is 0 Å². The maximum Gasteiger partial charge on any atom is 0.302 e. The van der Waals surface area contributed by atoms with Crippen LogP contribution in [0.25, 0.3) is 0 Å². The van der Waals surface area contributed by atoms with Crippen molar-refractivity contribution in [3.05, 3.63) is 59.7 Å². The Labute approximate surface area is 112 Å². The van der Waals surface area contributed by atoms with Crippen molar-refractivity contribution in [2.45, 2.75) is 20.5 Å². The van der Waals surface area contributed by atoms with Crippen LogP contribution in [0.3, 0.4) is 0 Å². The quantitative estimate of drug-likeness (QED) is 0.779. The summed E-state index contributed by atoms with van der Waals surface area (Å²) in [5.41, 5.74) is 1.96. The van der Waals surface area contributed by atoms with Gasteiger partial charge in [-0.05, 0) is 42.3 Å². The molecule has 0 N–H and O–H groups in total. The molecule has 0 heterocycles. The number of carbonyl (C=O) groups is 1. The topological polar surface area (TPSA) is 35.5 Å². The first-order chi connectivity index (χ1) is 9.15. The van der Waals surface area contributed by atoms with Crippen LogP contribution in [0.15, 0.2) is 48.5 Å². The summed E-state index contributed by atoms with van der Waals surface area (Å²) in [4.78, 5) is 10.8. The lowest BCUT2D eigenvalue weighted by molar-refractivity contribution is -0.142. The van der Waals surface area contributed by atoms with Gasteiger partial charge in [0.1, 0.15) is 18.1 Å². The fourth-order valence-corrected chi connectivity index (χ4v) is 1.72. The maximum absolute atomic E-state index is 10.8. The van der Waals surface area contributed by atoms with E-state index in [-0.39, 0.29) is 5.97 Å². The first kappa shape index (κ1) is 13.1. The van der Waals surface area contributed by atoms with Gasteiger partial charge in [-0.2, -0.15) is 0 Å². The normalized spacial score (nSPS) is 10.0. The molecular formula is C16H16O3. The van der Waals surface area contributed by atoms with Gasteiger partial charge in [0.05, 0.1) is 0 Å². The van der Waals surface area contributed by atoms with E-state index in [9.17, 15) is 4.79 Å². The Kier molecular flexibility index (Phi) is 4.18. The number of para-hydroxylation sites is 1. The zero-order valence-corrected chi connectivity index (χ0v) is 11.1. The number of carbonyl (C=O) groups excluding carboxylic acids is 1. The first-order valence-corrected chi connectivity index (χ1v) is 6.11. The van der Waals surface area contributed by atoms with Gasteiger partial charge in [-0.3, -0.25) is 4.79 Å². The van der Waals surface area contributed by atoms with Crippen molar-refractivity contribution in [1.82, 2.24) is 0 Å². The average Bonchev–Trinajstić information content (AvgIpc) is 2.40. The molecule has 19 heavy (non-hydrogen) atoms. The van der Waals surface area contributed by atoms with Crippen molar-refractivity contribution in [1.29, 1.82) is 0 Å². The van der Waals surface area contributed by atoms with Crippen molar-refractivity contribution in [2.75, 3.05) is 0 Å². The van der Waals surface area contributed by atoms with Crippen molar-refractivity contribution in [3.8, 4) is 11.5 Å². The summed E-state index contributed by atoms with van der Waals surface area (Å²) in [7, 11) is 0. The molecule has 0 unspecified atom stereocenters. The van der Waals surface area contributed by atoms with Crippen molar-refractivity contribution < 1.29 is 14.3 Å². The minimum atomic E-state index is -0.276. The van der Waals surface area contributed by atoms with E-state index in [1.807, 2.05) is 55.5 Å². The smallest absolute Gasteiger partial charge is 0.302 e. The molecule has 98 valence electrons. The number of hydrogen-bond acceptors (Lipinski definition) is 3. The predicted molar refractivity (Wildman–Crippen MR) is 73.2 cm³/mol. The summed E-state index contributed by atoms with van der Waals surface area (Å²) in [6.07, 6.45) is 0. The van der Waals surface area contributed by atoms with Gasteiger partial charge in [-0.25, -0.2) is 0 Å². The molecule has 2 aromatic carbocycles. The second-order valence-electron chi connectivity index (χ2n) is 4.30. The lowest BCUT2D eigenvalue weighted by Crippen LogP contribution is -1.99. The second kappa shape index (κ2) is 6.05. The standard InChI is InChI=1S/C16H16O3/c1-12-10-14(11-18-13(2)17)8-9-16(12)19-15-6-4-3-5-7-15/h3-10H,11H2,1-2H3. The predicted octanol–water partition coefficient (Wildman–Crippen LogP) is 3.85. The molecular weight excluding hydrogens is 240 g/mol. The lowest BCUT2D eigenvalue weighted by Gasteiger charge is -2.10. The summed E-state index contributed by atoms with van der Waals surface area (Å²) in [6, 6.07) is 15.4. The molecule has 0 amide bonds. The summed E-state index contributed by atoms with van der Waals surface area (Å²) < 4.78 is 10.7. The third-order valence-electron chi connectivity index (χ3n) is 2.65. The van der Waals surface area contributed by atoms with Crippen molar-refractivity contribution in [2.24, 2.45) is 0 Å². The summed E-state index contributed by atoms with van der Waals surface area (Å²) in [5, 5.41) is 0. The molecule has 3 heteroatoms. The molecule has 0 spiro atoms. The van der Waals surface area contributed by atoms with Gasteiger partial charge < -0.3 is 9.47 Å². The molecule has 0 fully saturated rings. The Morgan fingerprint density at radius 3 is 2.47 bits per heavy atom. The van der Waals surface area contributed by atoms with Gasteiger partial charge >= 0.3 is 5.97 Å². The molecule has 0 saturated heterocycles. The van der Waals surface area contributed by atoms with Crippen LogP contribution in [-0.4, -0.2) is 5.97 Å². The van der Waals surface area contributed by atoms with Gasteiger partial charge in [0.15, 0.2) is 0 Å². The Bertz CT molecular complexity index is 561. The fraction of sp³-hybridized carbons (Fsp3) is 0.188. The van der Waals surface area contributed by atoms with E-state index in [1.54, 1.807) is 0 Å². The molecule has 0 aliphatic heterocycles. The number of rotatable bonds is 4. The maximum atomic E-state index is 10.8. The lowest BCUT2D eigenvalue weighted by atomic mass is 10.1. The third-order valence-corrected chi connectivity index (χ3v) is 2.65. The monoisotopic (exact) mass is 256 g/mol. The van der Waals surface area contributed by atoms with Gasteiger partial charge in [-0.15, -0.1) is 0 Å². The highest BCUT2D eigenvalue weighted by atomic mass is 16.5. The van der Waals surface area contributed by atoms with Crippen molar-refractivity contribution >= 4 is 5.97 Å². The highest BCUT2D eigenvalue weighted by Crippen LogP contribution is 2.25. The fourth-order valence-electron chi connectivity index (χ4n) is 1.72. The number of aryl methyl sites for hydroxylation is 1. The van der Waals surface area contributed by atoms with Crippen LogP contribution in [0.5, 0.6) is 11.5 Å². The Morgan fingerprint density at radius 2 is 1.84 bits per heavy atom. The number of ether oxygens (including phenoxy) is 2. The molecule has 2 aromatic rings. The number of benzene rings is 2. The first-order valence-electron chi connectivity index (χ1n) is 6.11. The SMILES string of the molecule is CC(=O)OCc1ccc(Oc2ccccc2)c(C)c1. The molecule has 0 aliphatic carbocycles. The molecule has 0 aromatic heterocycles. The van der Waals surface area contributed by atoms with Crippen LogP contribution in [0.1, 0.15) is 18.1 Å². The van der Waals surface area contributed by atoms with Crippen LogP contribution in [-0.2, 0) is 16.1 Å². The van der Waals surface area contributed by atoms with E-state index in [2.05, 4.69) is 0 Å². The Balaban J connectivity index is 2.09. The Morgan fingerprint density at radius 1 is 1.11 bits per heavy atom. The molecule has 0 aliphatic rings. The highest BCUT2D eigenvalue weighted by Gasteiger charge is 2.04. The van der Waals surface area contributed by atoms with Crippen LogP contribution >= 0.6 is 0 Å². The molecule has 3 nitrogen and oxygen atoms in total. The molecule has 0 saturated carbocycles. The molecule has 0 radical (unpaired) electrons. The van der Waals surface area contributed by atoms with E-state index in [1.165, 1.54) is 6.92 Å². The van der Waals surface area contributed by atoms with E-state index in [0.29, 0.717) is 6.61 Å². The van der Waals surface area contributed by atoms with Crippen LogP contribution in [0.2, 0.25) is 0 Å². The van der Waals surface area contributed by atoms with E-state index >= 15 is 0 Å². The average molecular weight is 256 g/mol. The second-order valence-corrected chi connectivity index (χ2v) is 4.30. The van der Waals surface area contributed by atoms with E-state index in [4.69, 9.17) is 9.47 Å². The number of hydrogen-bond donors (Lipinski definition) is 0. The molecule has 2 rings (SSSR count). The van der Waals surface area contributed by atoms with Crippen molar-refractivity contribution in [3.63, 3.8) is 0 Å². The van der Waals surface area contributed by atoms with Crippen LogP contribution in [0.4, 0.5) is 0 Å². The molecule has 0 atom stereocenters. The van der Waals surface area contributed by atoms with Crippen LogP contribution < -0.4 is 4.74 Å². The third kappa shape index (κ3) is 3.85. The largest absolute Gasteiger partial charge is 0.461 e. The van der Waals surface area contributed by atoms with Gasteiger partial charge in [0, 0.05) is 6.92 Å². The Hall–Kier alpha value is -2.29. The van der Waals surface area contributed by atoms with E-state index < -0.39 is 0 Å². The zero-order valence-electron chi connectivity index (χ0n) is 11.1. The summed E-state index contributed by atoms with van der Waals surface area (Å²) in [5.74, 6) is 1.33. The van der Waals surface area contributed by atoms with Gasteiger partial charge in [0.2, 0.25) is 0 Å². The summed E-state index contributed by atoms with van der Waals surface area (Å²) in [6.45, 7) is 3.66. The summed E-state index contributed by atoms with van der Waals surface area (Å²) >= 11 is 0.